The predicted molar refractivity (Wildman–Crippen MR) is 133 cm³/mol. The first-order valence-electron chi connectivity index (χ1n) is 10.7. The van der Waals surface area contributed by atoms with Crippen LogP contribution in [0.5, 0.6) is 11.5 Å². The van der Waals surface area contributed by atoms with Gasteiger partial charge in [-0.3, -0.25) is 10.1 Å². The van der Waals surface area contributed by atoms with Crippen molar-refractivity contribution < 1.29 is 14.3 Å². The topological polar surface area (TPSA) is 59.6 Å². The van der Waals surface area contributed by atoms with E-state index in [4.69, 9.17) is 21.7 Å². The molecule has 3 aromatic rings. The van der Waals surface area contributed by atoms with Gasteiger partial charge in [0.2, 0.25) is 0 Å². The summed E-state index contributed by atoms with van der Waals surface area (Å²) in [5.41, 5.74) is 2.47. The largest absolute Gasteiger partial charge is 0.493 e. The fourth-order valence-corrected chi connectivity index (χ4v) is 3.14. The number of hydrogen-bond acceptors (Lipinski definition) is 4. The van der Waals surface area contributed by atoms with E-state index in [-0.39, 0.29) is 17.1 Å². The van der Waals surface area contributed by atoms with Crippen LogP contribution in [0.25, 0.3) is 0 Å². The minimum Gasteiger partial charge on any atom is -0.493 e. The molecule has 0 spiro atoms. The molecule has 0 fully saturated rings. The second-order valence-electron chi connectivity index (χ2n) is 7.38. The molecule has 0 aliphatic heterocycles. The number of carbonyl (C=O) groups is 1. The monoisotopic (exact) mass is 448 g/mol. The first kappa shape index (κ1) is 23.3. The van der Waals surface area contributed by atoms with Gasteiger partial charge in [-0.15, -0.1) is 0 Å². The first-order chi connectivity index (χ1) is 15.5. The van der Waals surface area contributed by atoms with E-state index in [0.29, 0.717) is 12.2 Å². The van der Waals surface area contributed by atoms with E-state index < -0.39 is 0 Å². The van der Waals surface area contributed by atoms with Crippen LogP contribution in [-0.4, -0.2) is 23.7 Å². The summed E-state index contributed by atoms with van der Waals surface area (Å²) in [6.07, 6.45) is 1.87. The average molecular weight is 449 g/mol. The molecular formula is C26H28N2O3S. The van der Waals surface area contributed by atoms with Crippen LogP contribution in [0, 0.1) is 0 Å². The molecule has 1 atom stereocenters. The van der Waals surface area contributed by atoms with E-state index in [2.05, 4.69) is 29.7 Å². The molecule has 0 heterocycles. The maximum atomic E-state index is 12.5. The van der Waals surface area contributed by atoms with Gasteiger partial charge in [-0.05, 0) is 67.5 Å². The highest BCUT2D eigenvalue weighted by molar-refractivity contribution is 7.80. The maximum Gasteiger partial charge on any atom is 0.257 e. The van der Waals surface area contributed by atoms with Gasteiger partial charge < -0.3 is 14.8 Å². The van der Waals surface area contributed by atoms with Gasteiger partial charge in [-0.1, -0.05) is 43.3 Å². The van der Waals surface area contributed by atoms with Gasteiger partial charge in [0.1, 0.15) is 11.5 Å². The second kappa shape index (κ2) is 11.9. The van der Waals surface area contributed by atoms with Crippen LogP contribution in [0.1, 0.15) is 36.2 Å². The zero-order valence-corrected chi connectivity index (χ0v) is 19.2. The normalized spacial score (nSPS) is 11.3. The van der Waals surface area contributed by atoms with Crippen LogP contribution in [0.15, 0.2) is 78.9 Å². The number of rotatable bonds is 9. The standard InChI is InChI=1S/C26H28N2O3S/c1-3-19(2)31-23-14-12-21(13-15-23)25(29)28-26(32)27-22-10-7-11-24(18-22)30-17-16-20-8-5-4-6-9-20/h4-15,18-19H,3,16-17H2,1-2H3,(H2,27,28,29,32). The van der Waals surface area contributed by atoms with Gasteiger partial charge in [0.15, 0.2) is 5.11 Å². The van der Waals surface area contributed by atoms with Crippen molar-refractivity contribution in [3.8, 4) is 11.5 Å². The Kier molecular flexibility index (Phi) is 8.63. The number of nitrogens with one attached hydrogen (secondary N) is 2. The first-order valence-corrected chi connectivity index (χ1v) is 11.1. The summed E-state index contributed by atoms with van der Waals surface area (Å²) in [6, 6.07) is 24.7. The van der Waals surface area contributed by atoms with E-state index in [9.17, 15) is 4.79 Å². The third-order valence-corrected chi connectivity index (χ3v) is 5.05. The lowest BCUT2D eigenvalue weighted by Crippen LogP contribution is -2.34. The molecular weight excluding hydrogens is 420 g/mol. The van der Waals surface area contributed by atoms with Crippen molar-refractivity contribution >= 4 is 28.9 Å². The fourth-order valence-electron chi connectivity index (χ4n) is 2.93. The van der Waals surface area contributed by atoms with Crippen molar-refractivity contribution in [2.75, 3.05) is 11.9 Å². The third-order valence-electron chi connectivity index (χ3n) is 4.85. The van der Waals surface area contributed by atoms with Crippen LogP contribution in [-0.2, 0) is 6.42 Å². The molecule has 0 saturated carbocycles. The number of thiocarbonyl (C=S) groups is 1. The van der Waals surface area contributed by atoms with Gasteiger partial charge in [-0.2, -0.15) is 0 Å². The van der Waals surface area contributed by atoms with Crippen LogP contribution >= 0.6 is 12.2 Å². The van der Waals surface area contributed by atoms with Crippen molar-refractivity contribution in [1.82, 2.24) is 5.32 Å². The summed E-state index contributed by atoms with van der Waals surface area (Å²) >= 11 is 5.30. The lowest BCUT2D eigenvalue weighted by Gasteiger charge is -2.13. The molecule has 0 aromatic heterocycles. The number of ether oxygens (including phenoxy) is 2. The molecule has 5 nitrogen and oxygen atoms in total. The van der Waals surface area contributed by atoms with Gasteiger partial charge in [0.05, 0.1) is 12.7 Å². The van der Waals surface area contributed by atoms with Crippen molar-refractivity contribution in [1.29, 1.82) is 0 Å². The summed E-state index contributed by atoms with van der Waals surface area (Å²) in [5, 5.41) is 5.95. The molecule has 0 aliphatic carbocycles. The number of hydrogen-bond donors (Lipinski definition) is 2. The van der Waals surface area contributed by atoms with Crippen molar-refractivity contribution in [3.63, 3.8) is 0 Å². The van der Waals surface area contributed by atoms with Gasteiger partial charge >= 0.3 is 0 Å². The summed E-state index contributed by atoms with van der Waals surface area (Å²) in [6.45, 7) is 4.65. The van der Waals surface area contributed by atoms with Crippen molar-refractivity contribution in [2.24, 2.45) is 0 Å². The van der Waals surface area contributed by atoms with Crippen molar-refractivity contribution in [3.05, 3.63) is 90.0 Å². The number of anilines is 1. The minimum atomic E-state index is -0.284. The Morgan fingerprint density at radius 3 is 2.44 bits per heavy atom. The molecule has 3 rings (SSSR count). The lowest BCUT2D eigenvalue weighted by molar-refractivity contribution is 0.0977. The van der Waals surface area contributed by atoms with E-state index in [1.165, 1.54) is 5.56 Å². The molecule has 6 heteroatoms. The van der Waals surface area contributed by atoms with Gasteiger partial charge in [-0.25, -0.2) is 0 Å². The number of benzene rings is 3. The quantitative estimate of drug-likeness (QED) is 0.417. The molecule has 0 radical (unpaired) electrons. The SMILES string of the molecule is CCC(C)Oc1ccc(C(=O)NC(=S)Nc2cccc(OCCc3ccccc3)c2)cc1. The van der Waals surface area contributed by atoms with Crippen LogP contribution < -0.4 is 20.1 Å². The van der Waals surface area contributed by atoms with Crippen molar-refractivity contribution in [2.45, 2.75) is 32.8 Å². The Balaban J connectivity index is 1.48. The molecule has 2 N–H and O–H groups in total. The van der Waals surface area contributed by atoms with E-state index in [0.717, 1.165) is 30.0 Å². The van der Waals surface area contributed by atoms with Gasteiger partial charge in [0, 0.05) is 23.7 Å². The molecule has 0 saturated heterocycles. The third kappa shape index (κ3) is 7.39. The average Bonchev–Trinajstić information content (AvgIpc) is 2.80. The predicted octanol–water partition coefficient (Wildman–Crippen LogP) is 5.61. The van der Waals surface area contributed by atoms with E-state index in [1.807, 2.05) is 49.4 Å². The molecule has 166 valence electrons. The van der Waals surface area contributed by atoms with Crippen LogP contribution in [0.3, 0.4) is 0 Å². The Labute approximate surface area is 194 Å². The molecule has 3 aromatic carbocycles. The maximum absolute atomic E-state index is 12.5. The highest BCUT2D eigenvalue weighted by Crippen LogP contribution is 2.18. The zero-order chi connectivity index (χ0) is 22.8. The Hall–Kier alpha value is -3.38. The van der Waals surface area contributed by atoms with E-state index in [1.54, 1.807) is 24.3 Å². The zero-order valence-electron chi connectivity index (χ0n) is 18.3. The highest BCUT2D eigenvalue weighted by atomic mass is 32.1. The minimum absolute atomic E-state index is 0.129. The second-order valence-corrected chi connectivity index (χ2v) is 7.79. The highest BCUT2D eigenvalue weighted by Gasteiger charge is 2.09. The Bertz CT molecular complexity index is 1020. The summed E-state index contributed by atoms with van der Waals surface area (Å²) in [7, 11) is 0. The fraction of sp³-hybridized carbons (Fsp3) is 0.231. The summed E-state index contributed by atoms with van der Waals surface area (Å²) in [4.78, 5) is 12.5. The Morgan fingerprint density at radius 2 is 1.72 bits per heavy atom. The van der Waals surface area contributed by atoms with Crippen LogP contribution in [0.4, 0.5) is 5.69 Å². The summed E-state index contributed by atoms with van der Waals surface area (Å²) < 4.78 is 11.6. The number of carbonyl (C=O) groups excluding carboxylic acids is 1. The summed E-state index contributed by atoms with van der Waals surface area (Å²) in [5.74, 6) is 1.19. The number of amides is 1. The van der Waals surface area contributed by atoms with E-state index >= 15 is 0 Å². The molecule has 0 bridgehead atoms. The van der Waals surface area contributed by atoms with Crippen LogP contribution in [0.2, 0.25) is 0 Å². The lowest BCUT2D eigenvalue weighted by atomic mass is 10.2. The Morgan fingerprint density at radius 1 is 0.969 bits per heavy atom. The molecule has 1 amide bonds. The molecule has 0 aliphatic rings. The molecule has 1 unspecified atom stereocenters. The van der Waals surface area contributed by atoms with Gasteiger partial charge in [0.25, 0.3) is 5.91 Å². The molecule has 32 heavy (non-hydrogen) atoms. The smallest absolute Gasteiger partial charge is 0.257 e.